The van der Waals surface area contributed by atoms with Crippen molar-refractivity contribution in [3.05, 3.63) is 58.6 Å². The second kappa shape index (κ2) is 9.16. The molecule has 0 spiro atoms. The standard InChI is InChI=1S/C22H28Cl2N2O3S/c1-21(2,3)15-22(4,5)25-20(27)14-26(19-12-11-16(23)13-18(19)24)30(28,29)17-9-7-6-8-10-17/h6-13H,14-15H2,1-5H3,(H,25,27). The zero-order chi connectivity index (χ0) is 22.7. The monoisotopic (exact) mass is 470 g/mol. The van der Waals surface area contributed by atoms with Crippen LogP contribution in [0.1, 0.15) is 41.0 Å². The molecule has 0 aliphatic rings. The molecule has 164 valence electrons. The minimum atomic E-state index is -4.03. The smallest absolute Gasteiger partial charge is 0.264 e. The molecule has 0 atom stereocenters. The molecular formula is C22H28Cl2N2O3S. The first kappa shape index (κ1) is 24.5. The molecule has 2 rings (SSSR count). The Balaban J connectivity index is 2.41. The van der Waals surface area contributed by atoms with Crippen LogP contribution in [0.15, 0.2) is 53.4 Å². The second-order valence-electron chi connectivity index (χ2n) is 9.09. The summed E-state index contributed by atoms with van der Waals surface area (Å²) < 4.78 is 27.7. The first-order valence-electron chi connectivity index (χ1n) is 9.55. The number of carbonyl (C=O) groups is 1. The molecule has 0 radical (unpaired) electrons. The molecule has 0 saturated heterocycles. The predicted octanol–water partition coefficient (Wildman–Crippen LogP) is 5.52. The topological polar surface area (TPSA) is 66.5 Å². The molecule has 0 unspecified atom stereocenters. The van der Waals surface area contributed by atoms with Crippen molar-refractivity contribution in [1.82, 2.24) is 5.32 Å². The third-order valence-electron chi connectivity index (χ3n) is 4.25. The van der Waals surface area contributed by atoms with Gasteiger partial charge in [-0.3, -0.25) is 9.10 Å². The molecule has 0 heterocycles. The van der Waals surface area contributed by atoms with Crippen molar-refractivity contribution >= 4 is 44.8 Å². The predicted molar refractivity (Wildman–Crippen MR) is 124 cm³/mol. The molecule has 0 bridgehead atoms. The van der Waals surface area contributed by atoms with Crippen LogP contribution in [-0.2, 0) is 14.8 Å². The summed E-state index contributed by atoms with van der Waals surface area (Å²) in [6, 6.07) is 12.4. The number of halogens is 2. The summed E-state index contributed by atoms with van der Waals surface area (Å²) in [7, 11) is -4.03. The van der Waals surface area contributed by atoms with E-state index in [9.17, 15) is 13.2 Å². The Bertz CT molecular complexity index is 1000. The van der Waals surface area contributed by atoms with Crippen LogP contribution in [0.25, 0.3) is 0 Å². The summed E-state index contributed by atoms with van der Waals surface area (Å²) in [5.74, 6) is -0.422. The van der Waals surface area contributed by atoms with Crippen molar-refractivity contribution in [2.24, 2.45) is 5.41 Å². The molecule has 0 saturated carbocycles. The van der Waals surface area contributed by atoms with Crippen LogP contribution >= 0.6 is 23.2 Å². The fraction of sp³-hybridized carbons (Fsp3) is 0.409. The molecule has 0 aliphatic heterocycles. The van der Waals surface area contributed by atoms with Crippen LogP contribution in [0.2, 0.25) is 10.0 Å². The molecule has 1 amide bonds. The van der Waals surface area contributed by atoms with Crippen LogP contribution in [0.4, 0.5) is 5.69 Å². The highest BCUT2D eigenvalue weighted by molar-refractivity contribution is 7.92. The first-order chi connectivity index (χ1) is 13.7. The summed E-state index contributed by atoms with van der Waals surface area (Å²) in [5, 5.41) is 3.47. The number of hydrogen-bond acceptors (Lipinski definition) is 3. The molecule has 2 aromatic rings. The van der Waals surface area contributed by atoms with Crippen molar-refractivity contribution < 1.29 is 13.2 Å². The lowest BCUT2D eigenvalue weighted by Crippen LogP contribution is -2.50. The van der Waals surface area contributed by atoms with Gasteiger partial charge in [0.2, 0.25) is 5.91 Å². The summed E-state index contributed by atoms with van der Waals surface area (Å²) in [6.07, 6.45) is 0.721. The lowest BCUT2D eigenvalue weighted by molar-refractivity contribution is -0.121. The van der Waals surface area contributed by atoms with Gasteiger partial charge < -0.3 is 5.32 Å². The number of benzene rings is 2. The van der Waals surface area contributed by atoms with E-state index in [4.69, 9.17) is 23.2 Å². The van der Waals surface area contributed by atoms with Crippen LogP contribution in [0, 0.1) is 5.41 Å². The van der Waals surface area contributed by atoms with Crippen LogP contribution in [-0.4, -0.2) is 26.4 Å². The highest BCUT2D eigenvalue weighted by Gasteiger charge is 2.32. The van der Waals surface area contributed by atoms with E-state index in [1.165, 1.54) is 30.3 Å². The quantitative estimate of drug-likeness (QED) is 0.578. The van der Waals surface area contributed by atoms with Gasteiger partial charge in [0.25, 0.3) is 10.0 Å². The summed E-state index contributed by atoms with van der Waals surface area (Å²) in [4.78, 5) is 13.0. The largest absolute Gasteiger partial charge is 0.350 e. The first-order valence-corrected chi connectivity index (χ1v) is 11.7. The van der Waals surface area contributed by atoms with Gasteiger partial charge in [-0.25, -0.2) is 8.42 Å². The average molecular weight is 471 g/mol. The van der Waals surface area contributed by atoms with Gasteiger partial charge in [-0.1, -0.05) is 62.2 Å². The molecule has 1 N–H and O–H groups in total. The highest BCUT2D eigenvalue weighted by atomic mass is 35.5. The van der Waals surface area contributed by atoms with Crippen LogP contribution < -0.4 is 9.62 Å². The van der Waals surface area contributed by atoms with Gasteiger partial charge in [-0.15, -0.1) is 0 Å². The molecule has 0 aliphatic carbocycles. The Hall–Kier alpha value is -1.76. The van der Waals surface area contributed by atoms with Gasteiger partial charge in [0.15, 0.2) is 0 Å². The van der Waals surface area contributed by atoms with Crippen LogP contribution in [0.3, 0.4) is 0 Å². The minimum Gasteiger partial charge on any atom is -0.350 e. The van der Waals surface area contributed by atoms with Gasteiger partial charge >= 0.3 is 0 Å². The van der Waals surface area contributed by atoms with E-state index >= 15 is 0 Å². The number of sulfonamides is 1. The number of nitrogens with one attached hydrogen (secondary N) is 1. The third kappa shape index (κ3) is 6.62. The molecule has 5 nitrogen and oxygen atoms in total. The number of nitrogens with zero attached hydrogens (tertiary/aromatic N) is 1. The van der Waals surface area contributed by atoms with Gasteiger partial charge in [-0.2, -0.15) is 0 Å². The van der Waals surface area contributed by atoms with E-state index in [0.717, 1.165) is 10.7 Å². The average Bonchev–Trinajstić information content (AvgIpc) is 2.58. The Kier molecular flexibility index (Phi) is 7.49. The normalized spacial score (nSPS) is 12.5. The van der Waals surface area contributed by atoms with E-state index < -0.39 is 28.0 Å². The Morgan fingerprint density at radius 3 is 2.13 bits per heavy atom. The Morgan fingerprint density at radius 2 is 1.60 bits per heavy atom. The molecule has 2 aromatic carbocycles. The van der Waals surface area contributed by atoms with Gasteiger partial charge in [0, 0.05) is 10.6 Å². The Morgan fingerprint density at radius 1 is 1.00 bits per heavy atom. The molecule has 0 aromatic heterocycles. The lowest BCUT2D eigenvalue weighted by atomic mass is 9.82. The second-order valence-corrected chi connectivity index (χ2v) is 11.8. The summed E-state index contributed by atoms with van der Waals surface area (Å²) >= 11 is 12.3. The maximum Gasteiger partial charge on any atom is 0.264 e. The number of carbonyl (C=O) groups excluding carboxylic acids is 1. The van der Waals surface area contributed by atoms with E-state index in [-0.39, 0.29) is 21.0 Å². The van der Waals surface area contributed by atoms with E-state index in [0.29, 0.717) is 5.02 Å². The minimum absolute atomic E-state index is 0.00787. The van der Waals surface area contributed by atoms with Gasteiger partial charge in [0.05, 0.1) is 15.6 Å². The maximum absolute atomic E-state index is 13.4. The molecule has 30 heavy (non-hydrogen) atoms. The Labute approximate surface area is 189 Å². The molecular weight excluding hydrogens is 443 g/mol. The third-order valence-corrected chi connectivity index (χ3v) is 6.56. The number of anilines is 1. The van der Waals surface area contributed by atoms with Crippen molar-refractivity contribution in [1.29, 1.82) is 0 Å². The van der Waals surface area contributed by atoms with Crippen molar-refractivity contribution in [2.45, 2.75) is 51.5 Å². The number of hydrogen-bond donors (Lipinski definition) is 1. The van der Waals surface area contributed by atoms with E-state index in [1.807, 2.05) is 13.8 Å². The van der Waals surface area contributed by atoms with Gasteiger partial charge in [-0.05, 0) is 56.0 Å². The zero-order valence-corrected chi connectivity index (χ0v) is 20.2. The number of amides is 1. The highest BCUT2D eigenvalue weighted by Crippen LogP contribution is 2.33. The molecule has 0 fully saturated rings. The zero-order valence-electron chi connectivity index (χ0n) is 17.9. The molecule has 8 heteroatoms. The fourth-order valence-electron chi connectivity index (χ4n) is 3.62. The van der Waals surface area contributed by atoms with Gasteiger partial charge in [0.1, 0.15) is 6.54 Å². The van der Waals surface area contributed by atoms with Crippen molar-refractivity contribution in [3.8, 4) is 0 Å². The summed E-state index contributed by atoms with van der Waals surface area (Å²) in [5.41, 5.74) is -0.332. The van der Waals surface area contributed by atoms with E-state index in [1.54, 1.807) is 18.2 Å². The summed E-state index contributed by atoms with van der Waals surface area (Å²) in [6.45, 7) is 9.68. The lowest BCUT2D eigenvalue weighted by Gasteiger charge is -2.34. The maximum atomic E-state index is 13.4. The fourth-order valence-corrected chi connectivity index (χ4v) is 5.64. The van der Waals surface area contributed by atoms with Crippen LogP contribution in [0.5, 0.6) is 0 Å². The van der Waals surface area contributed by atoms with E-state index in [2.05, 4.69) is 26.1 Å². The SMILES string of the molecule is CC(C)(C)CC(C)(C)NC(=O)CN(c1ccc(Cl)cc1Cl)S(=O)(=O)c1ccccc1. The number of rotatable bonds is 7. The van der Waals surface area contributed by atoms with Crippen molar-refractivity contribution in [2.75, 3.05) is 10.8 Å². The van der Waals surface area contributed by atoms with Crippen molar-refractivity contribution in [3.63, 3.8) is 0 Å².